The minimum absolute atomic E-state index is 0.0447. The van der Waals surface area contributed by atoms with Crippen molar-refractivity contribution in [3.8, 4) is 10.9 Å². The van der Waals surface area contributed by atoms with E-state index in [1.165, 1.54) is 16.9 Å². The van der Waals surface area contributed by atoms with Crippen LogP contribution in [0.3, 0.4) is 0 Å². The van der Waals surface area contributed by atoms with Crippen LogP contribution in [0.4, 0.5) is 5.69 Å². The highest BCUT2D eigenvalue weighted by Crippen LogP contribution is 2.26. The number of carbonyl (C=O) groups excluding carboxylic acids is 1. The summed E-state index contributed by atoms with van der Waals surface area (Å²) in [7, 11) is 0. The topological polar surface area (TPSA) is 45.7 Å². The summed E-state index contributed by atoms with van der Waals surface area (Å²) in [5.74, 6) is 0.719. The van der Waals surface area contributed by atoms with Crippen molar-refractivity contribution in [1.29, 1.82) is 0 Å². The number of amides is 1. The van der Waals surface area contributed by atoms with E-state index in [2.05, 4.69) is 16.8 Å². The van der Waals surface area contributed by atoms with Crippen LogP contribution in [0.5, 0.6) is 10.9 Å². The molecule has 0 aliphatic carbocycles. The Morgan fingerprint density at radius 3 is 2.54 bits per heavy atom. The maximum Gasteiger partial charge on any atom is 0.278 e. The van der Waals surface area contributed by atoms with Crippen LogP contribution in [-0.2, 0) is 0 Å². The zero-order valence-electron chi connectivity index (χ0n) is 15.5. The minimum Gasteiger partial charge on any atom is -0.431 e. The lowest BCUT2D eigenvalue weighted by atomic mass is 10.1. The van der Waals surface area contributed by atoms with Gasteiger partial charge >= 0.3 is 0 Å². The molecule has 0 saturated carbocycles. The summed E-state index contributed by atoms with van der Waals surface area (Å²) < 4.78 is 5.65. The summed E-state index contributed by atoms with van der Waals surface area (Å²) >= 11 is 7.58. The Balaban J connectivity index is 1.38. The molecule has 1 fully saturated rings. The van der Waals surface area contributed by atoms with E-state index in [1.807, 2.05) is 28.5 Å². The SMILES string of the molecule is Cc1ccc(Cl)cc1N1CCN(C(=O)c2ccc(Oc3nccs3)cc2)CC1. The van der Waals surface area contributed by atoms with Crippen molar-refractivity contribution >= 4 is 34.5 Å². The van der Waals surface area contributed by atoms with Crippen molar-refractivity contribution in [3.63, 3.8) is 0 Å². The first kappa shape index (κ1) is 18.8. The molecule has 2 heterocycles. The molecular formula is C21H20ClN3O2S. The molecule has 4 rings (SSSR count). The number of hydrogen-bond donors (Lipinski definition) is 0. The number of benzene rings is 2. The molecule has 1 amide bonds. The van der Waals surface area contributed by atoms with Crippen molar-refractivity contribution in [2.45, 2.75) is 6.92 Å². The highest BCUT2D eigenvalue weighted by molar-refractivity contribution is 7.11. The van der Waals surface area contributed by atoms with Gasteiger partial charge in [0.05, 0.1) is 0 Å². The average molecular weight is 414 g/mol. The van der Waals surface area contributed by atoms with Crippen LogP contribution in [0.1, 0.15) is 15.9 Å². The van der Waals surface area contributed by atoms with E-state index < -0.39 is 0 Å². The molecule has 1 aromatic heterocycles. The molecule has 0 bridgehead atoms. The predicted octanol–water partition coefficient (Wildman–Crippen LogP) is 4.86. The second kappa shape index (κ2) is 8.20. The molecule has 28 heavy (non-hydrogen) atoms. The van der Waals surface area contributed by atoms with Gasteiger partial charge in [-0.2, -0.15) is 0 Å². The van der Waals surface area contributed by atoms with Crippen molar-refractivity contribution in [2.24, 2.45) is 0 Å². The van der Waals surface area contributed by atoms with Crippen molar-refractivity contribution < 1.29 is 9.53 Å². The van der Waals surface area contributed by atoms with Gasteiger partial charge in [0, 0.05) is 54.0 Å². The molecule has 5 nitrogen and oxygen atoms in total. The molecule has 1 aliphatic rings. The smallest absolute Gasteiger partial charge is 0.278 e. The first-order valence-corrected chi connectivity index (χ1v) is 10.3. The van der Waals surface area contributed by atoms with Gasteiger partial charge in [0.25, 0.3) is 11.1 Å². The molecule has 0 radical (unpaired) electrons. The predicted molar refractivity (Wildman–Crippen MR) is 113 cm³/mol. The molecule has 1 saturated heterocycles. The number of piperazine rings is 1. The third kappa shape index (κ3) is 4.13. The summed E-state index contributed by atoms with van der Waals surface area (Å²) in [5, 5.41) is 3.18. The summed E-state index contributed by atoms with van der Waals surface area (Å²) in [4.78, 5) is 21.1. The molecule has 0 spiro atoms. The van der Waals surface area contributed by atoms with E-state index in [1.54, 1.807) is 30.5 Å². The second-order valence-electron chi connectivity index (χ2n) is 6.63. The lowest BCUT2D eigenvalue weighted by molar-refractivity contribution is 0.0747. The van der Waals surface area contributed by atoms with Gasteiger partial charge < -0.3 is 14.5 Å². The van der Waals surface area contributed by atoms with Crippen LogP contribution in [0.15, 0.2) is 54.0 Å². The van der Waals surface area contributed by atoms with E-state index >= 15 is 0 Å². The average Bonchev–Trinajstić information content (AvgIpc) is 3.23. The lowest BCUT2D eigenvalue weighted by Gasteiger charge is -2.37. The summed E-state index contributed by atoms with van der Waals surface area (Å²) in [6, 6.07) is 13.2. The van der Waals surface area contributed by atoms with Crippen LogP contribution < -0.4 is 9.64 Å². The van der Waals surface area contributed by atoms with E-state index in [4.69, 9.17) is 16.3 Å². The quantitative estimate of drug-likeness (QED) is 0.612. The van der Waals surface area contributed by atoms with Gasteiger partial charge in [-0.15, -0.1) is 0 Å². The molecule has 1 aliphatic heterocycles. The molecular weight excluding hydrogens is 394 g/mol. The maximum absolute atomic E-state index is 12.8. The second-order valence-corrected chi connectivity index (χ2v) is 7.93. The van der Waals surface area contributed by atoms with Crippen LogP contribution >= 0.6 is 22.9 Å². The summed E-state index contributed by atoms with van der Waals surface area (Å²) in [6.07, 6.45) is 1.70. The van der Waals surface area contributed by atoms with Gasteiger partial charge in [-0.25, -0.2) is 4.98 Å². The Labute approximate surface area is 173 Å². The van der Waals surface area contributed by atoms with Crippen LogP contribution in [0.25, 0.3) is 0 Å². The zero-order chi connectivity index (χ0) is 19.5. The summed E-state index contributed by atoms with van der Waals surface area (Å²) in [6.45, 7) is 5.03. The third-order valence-corrected chi connectivity index (χ3v) is 5.68. The van der Waals surface area contributed by atoms with Crippen molar-refractivity contribution in [1.82, 2.24) is 9.88 Å². The van der Waals surface area contributed by atoms with Gasteiger partial charge in [-0.3, -0.25) is 4.79 Å². The van der Waals surface area contributed by atoms with E-state index in [-0.39, 0.29) is 5.91 Å². The fraction of sp³-hybridized carbons (Fsp3) is 0.238. The Hall–Kier alpha value is -2.57. The van der Waals surface area contributed by atoms with Gasteiger partial charge in [0.1, 0.15) is 5.75 Å². The van der Waals surface area contributed by atoms with Crippen molar-refractivity contribution in [3.05, 3.63) is 70.2 Å². The fourth-order valence-electron chi connectivity index (χ4n) is 3.28. The molecule has 0 unspecified atom stereocenters. The van der Waals surface area contributed by atoms with E-state index in [0.29, 0.717) is 29.6 Å². The van der Waals surface area contributed by atoms with Gasteiger partial charge in [0.15, 0.2) is 0 Å². The summed E-state index contributed by atoms with van der Waals surface area (Å²) in [5.41, 5.74) is 3.00. The highest BCUT2D eigenvalue weighted by atomic mass is 35.5. The van der Waals surface area contributed by atoms with Gasteiger partial charge in [-0.1, -0.05) is 29.0 Å². The molecule has 144 valence electrons. The van der Waals surface area contributed by atoms with Gasteiger partial charge in [-0.05, 0) is 48.9 Å². The molecule has 0 atom stereocenters. The number of aromatic nitrogens is 1. The zero-order valence-corrected chi connectivity index (χ0v) is 17.0. The van der Waals surface area contributed by atoms with Crippen LogP contribution in [0, 0.1) is 6.92 Å². The first-order chi connectivity index (χ1) is 13.6. The number of anilines is 1. The number of nitrogens with zero attached hydrogens (tertiary/aromatic N) is 3. The monoisotopic (exact) mass is 413 g/mol. The fourth-order valence-corrected chi connectivity index (χ4v) is 3.95. The molecule has 0 N–H and O–H groups in total. The minimum atomic E-state index is 0.0447. The van der Waals surface area contributed by atoms with Crippen molar-refractivity contribution in [2.75, 3.05) is 31.1 Å². The van der Waals surface area contributed by atoms with Crippen LogP contribution in [-0.4, -0.2) is 42.0 Å². The Morgan fingerprint density at radius 2 is 1.86 bits per heavy atom. The number of rotatable bonds is 4. The number of hydrogen-bond acceptors (Lipinski definition) is 5. The molecule has 7 heteroatoms. The lowest BCUT2D eigenvalue weighted by Crippen LogP contribution is -2.49. The highest BCUT2D eigenvalue weighted by Gasteiger charge is 2.23. The van der Waals surface area contributed by atoms with E-state index in [0.717, 1.165) is 23.8 Å². The first-order valence-electron chi connectivity index (χ1n) is 9.08. The Morgan fingerprint density at radius 1 is 1.11 bits per heavy atom. The normalized spacial score (nSPS) is 14.2. The maximum atomic E-state index is 12.8. The standard InChI is InChI=1S/C21H20ClN3O2S/c1-15-2-5-17(22)14-19(15)24-9-11-25(12-10-24)20(26)16-3-6-18(7-4-16)27-21-23-8-13-28-21/h2-8,13-14H,9-12H2,1H3. The largest absolute Gasteiger partial charge is 0.431 e. The number of carbonyl (C=O) groups is 1. The Bertz CT molecular complexity index is 952. The number of ether oxygens (including phenoxy) is 1. The molecule has 2 aromatic carbocycles. The van der Waals surface area contributed by atoms with E-state index in [9.17, 15) is 4.79 Å². The van der Waals surface area contributed by atoms with Gasteiger partial charge in [0.2, 0.25) is 0 Å². The third-order valence-electron chi connectivity index (χ3n) is 4.79. The number of aryl methyl sites for hydroxylation is 1. The number of halogens is 1. The van der Waals surface area contributed by atoms with Crippen LogP contribution in [0.2, 0.25) is 5.02 Å². The number of thiazole rings is 1. The Kier molecular flexibility index (Phi) is 5.50. The molecule has 3 aromatic rings.